The summed E-state index contributed by atoms with van der Waals surface area (Å²) in [6, 6.07) is 13.3. The lowest BCUT2D eigenvalue weighted by Crippen LogP contribution is -2.58. The zero-order chi connectivity index (χ0) is 25.1. The van der Waals surface area contributed by atoms with Gasteiger partial charge in [-0.25, -0.2) is 4.79 Å². The van der Waals surface area contributed by atoms with Crippen LogP contribution in [0.1, 0.15) is 43.4 Å². The molecule has 8 heteroatoms. The van der Waals surface area contributed by atoms with Crippen LogP contribution in [0.15, 0.2) is 51.7 Å². The molecule has 0 saturated carbocycles. The number of rotatable bonds is 3. The molecule has 0 saturated heterocycles. The fraction of sp³-hybridized carbons (Fsp3) is 0.370. The van der Waals surface area contributed by atoms with Crippen molar-refractivity contribution in [2.45, 2.75) is 46.1 Å². The van der Waals surface area contributed by atoms with Crippen LogP contribution in [-0.2, 0) is 14.4 Å². The lowest BCUT2D eigenvalue weighted by molar-refractivity contribution is -0.772. The van der Waals surface area contributed by atoms with Crippen molar-refractivity contribution in [2.24, 2.45) is 5.92 Å². The van der Waals surface area contributed by atoms with Gasteiger partial charge in [-0.2, -0.15) is 0 Å². The fourth-order valence-electron chi connectivity index (χ4n) is 5.12. The first-order chi connectivity index (χ1) is 16.6. The molecule has 0 fully saturated rings. The van der Waals surface area contributed by atoms with E-state index in [0.29, 0.717) is 23.4 Å². The average molecular weight is 477 g/mol. The van der Waals surface area contributed by atoms with Gasteiger partial charge < -0.3 is 18.9 Å². The van der Waals surface area contributed by atoms with E-state index in [-0.39, 0.29) is 28.2 Å². The van der Waals surface area contributed by atoms with Crippen molar-refractivity contribution >= 4 is 34.2 Å². The predicted molar refractivity (Wildman–Crippen MR) is 132 cm³/mol. The summed E-state index contributed by atoms with van der Waals surface area (Å²) in [6.07, 6.45) is 0. The molecule has 8 nitrogen and oxygen atoms in total. The summed E-state index contributed by atoms with van der Waals surface area (Å²) in [4.78, 5) is 34.8. The average Bonchev–Trinajstić information content (AvgIpc) is 2.79. The third-order valence-electron chi connectivity index (χ3n) is 6.93. The zero-order valence-electron chi connectivity index (χ0n) is 20.5. The fourth-order valence-corrected chi connectivity index (χ4v) is 5.12. The Bertz CT molecular complexity index is 1420. The molecule has 2 aliphatic heterocycles. The molecule has 182 valence electrons. The summed E-state index contributed by atoms with van der Waals surface area (Å²) < 4.78 is 11.6. The normalized spacial score (nSPS) is 20.8. The number of carbonyl (C=O) groups is 1. The number of hydrogen-bond donors (Lipinski definition) is 0. The van der Waals surface area contributed by atoms with Crippen LogP contribution in [0, 0.1) is 25.0 Å². The van der Waals surface area contributed by atoms with Gasteiger partial charge in [-0.1, -0.05) is 29.3 Å². The van der Waals surface area contributed by atoms with E-state index in [1.807, 2.05) is 49.1 Å². The largest absolute Gasteiger partial charge is 0.458 e. The minimum Gasteiger partial charge on any atom is -0.458 e. The predicted octanol–water partition coefficient (Wildman–Crippen LogP) is 4.50. The van der Waals surface area contributed by atoms with E-state index < -0.39 is 23.4 Å². The van der Waals surface area contributed by atoms with Gasteiger partial charge in [0.15, 0.2) is 5.43 Å². The maximum atomic E-state index is 14.0. The molecule has 0 aliphatic carbocycles. The maximum Gasteiger partial charge on any atom is 0.405 e. The van der Waals surface area contributed by atoms with E-state index >= 15 is 0 Å². The molecule has 2 aromatic carbocycles. The molecule has 0 spiro atoms. The first-order valence-electron chi connectivity index (χ1n) is 11.7. The van der Waals surface area contributed by atoms with Crippen molar-refractivity contribution < 1.29 is 23.7 Å². The second kappa shape index (κ2) is 8.15. The van der Waals surface area contributed by atoms with Gasteiger partial charge in [0.05, 0.1) is 34.0 Å². The Balaban J connectivity index is 1.85. The molecule has 2 aliphatic rings. The van der Waals surface area contributed by atoms with Crippen LogP contribution in [0.25, 0.3) is 11.0 Å². The summed E-state index contributed by atoms with van der Waals surface area (Å²) in [5.41, 5.74) is 2.06. The third kappa shape index (κ3) is 3.64. The Kier molecular flexibility index (Phi) is 5.34. The minimum absolute atomic E-state index is 0.0881. The van der Waals surface area contributed by atoms with E-state index in [1.165, 1.54) is 0 Å². The number of esters is 1. The number of anilines is 2. The minimum atomic E-state index is -0.975. The van der Waals surface area contributed by atoms with E-state index in [9.17, 15) is 14.8 Å². The van der Waals surface area contributed by atoms with Crippen LogP contribution < -0.4 is 10.3 Å². The van der Waals surface area contributed by atoms with E-state index in [0.717, 1.165) is 16.8 Å². The first kappa shape index (κ1) is 23.0. The van der Waals surface area contributed by atoms with E-state index in [2.05, 4.69) is 0 Å². The van der Waals surface area contributed by atoms with Gasteiger partial charge in [0.1, 0.15) is 5.58 Å². The quantitative estimate of drug-likeness (QED) is 0.406. The first-order valence-corrected chi connectivity index (χ1v) is 11.7. The molecule has 3 heterocycles. The molecule has 3 aromatic rings. The number of carbonyl (C=O) groups excluding carboxylic acids is 1. The van der Waals surface area contributed by atoms with Gasteiger partial charge in [0, 0.05) is 18.2 Å². The number of fused-ring (bicyclic) bond motifs is 4. The van der Waals surface area contributed by atoms with Crippen LogP contribution in [0.3, 0.4) is 0 Å². The van der Waals surface area contributed by atoms with Crippen molar-refractivity contribution in [3.05, 3.63) is 74.6 Å². The van der Waals surface area contributed by atoms with Gasteiger partial charge in [0.25, 0.3) is 0 Å². The number of benzene rings is 2. The van der Waals surface area contributed by atoms with Crippen LogP contribution in [-0.4, -0.2) is 35.3 Å². The Morgan fingerprint density at radius 3 is 2.54 bits per heavy atom. The highest BCUT2D eigenvalue weighted by Crippen LogP contribution is 2.48. The Hall–Kier alpha value is -3.81. The van der Waals surface area contributed by atoms with Crippen LogP contribution >= 0.6 is 0 Å². The summed E-state index contributed by atoms with van der Waals surface area (Å²) in [5.74, 6) is -1.74. The highest BCUT2D eigenvalue weighted by Gasteiger charge is 2.56. The zero-order valence-corrected chi connectivity index (χ0v) is 20.5. The Morgan fingerprint density at radius 1 is 1.17 bits per heavy atom. The monoisotopic (exact) mass is 476 g/mol. The number of aryl methyl sites for hydroxylation is 2. The molecule has 2 atom stereocenters. The summed E-state index contributed by atoms with van der Waals surface area (Å²) >= 11 is 0. The molecule has 1 aromatic heterocycles. The molecule has 0 N–H and O–H groups in total. The van der Waals surface area contributed by atoms with Gasteiger partial charge in [-0.05, 0) is 58.9 Å². The summed E-state index contributed by atoms with van der Waals surface area (Å²) in [7, 11) is 0. The second-order valence-electron chi connectivity index (χ2n) is 9.74. The smallest absolute Gasteiger partial charge is 0.405 e. The van der Waals surface area contributed by atoms with Crippen molar-refractivity contribution in [1.82, 2.24) is 0 Å². The number of hydrogen-bond acceptors (Lipinski definition) is 7. The van der Waals surface area contributed by atoms with Crippen molar-refractivity contribution in [1.29, 1.82) is 0 Å². The third-order valence-corrected chi connectivity index (χ3v) is 6.93. The van der Waals surface area contributed by atoms with Crippen LogP contribution in [0.4, 0.5) is 11.6 Å². The highest BCUT2D eigenvalue weighted by atomic mass is 16.9. The highest BCUT2D eigenvalue weighted by molar-refractivity contribution is 6.36. The van der Waals surface area contributed by atoms with Crippen molar-refractivity contribution in [3.8, 4) is 0 Å². The Labute approximate surface area is 202 Å². The van der Waals surface area contributed by atoms with Crippen molar-refractivity contribution in [3.63, 3.8) is 0 Å². The number of nitrogens with zero attached hydrogens (tertiary/aromatic N) is 2. The molecule has 0 unspecified atom stereocenters. The lowest BCUT2D eigenvalue weighted by atomic mass is 9.71. The van der Waals surface area contributed by atoms with Gasteiger partial charge in [-0.15, -0.1) is 0 Å². The van der Waals surface area contributed by atoms with Crippen LogP contribution in [0.5, 0.6) is 0 Å². The Morgan fingerprint density at radius 2 is 1.86 bits per heavy atom. The molecular weight excluding hydrogens is 448 g/mol. The lowest BCUT2D eigenvalue weighted by Gasteiger charge is -2.48. The molecular formula is C27H28N2O6. The van der Waals surface area contributed by atoms with Gasteiger partial charge in [0.2, 0.25) is 5.88 Å². The standard InChI is InChI=1S/C27H28N2O6/c1-6-33-26(31)23-21-19(27(4,5)35-29(23)32)14-28(17-10-7-15(2)8-11-17)25-22(21)24(30)18-13-16(3)9-12-20(18)34-25/h7-13,19,21H,6,14H2,1-5H3/t19-,21-/m0/s1. The topological polar surface area (TPSA) is 95.1 Å². The molecule has 5 rings (SSSR count). The summed E-state index contributed by atoms with van der Waals surface area (Å²) in [6.45, 7) is 9.60. The molecule has 0 amide bonds. The van der Waals surface area contributed by atoms with Crippen molar-refractivity contribution in [2.75, 3.05) is 18.1 Å². The maximum absolute atomic E-state index is 14.0. The van der Waals surface area contributed by atoms with E-state index in [4.69, 9.17) is 14.0 Å². The SMILES string of the molecule is CCOC(=O)C1=[N+]([O-])OC(C)(C)[C@H]2CN(c3ccc(C)cc3)c3oc4ccc(C)cc4c(=O)c3[C@@H]12. The van der Waals surface area contributed by atoms with Gasteiger partial charge in [-0.3, -0.25) is 10.0 Å². The molecule has 0 radical (unpaired) electrons. The molecule has 35 heavy (non-hydrogen) atoms. The number of ether oxygens (including phenoxy) is 1. The second-order valence-corrected chi connectivity index (χ2v) is 9.74. The van der Waals surface area contributed by atoms with E-state index in [1.54, 1.807) is 32.9 Å². The molecule has 0 bridgehead atoms. The van der Waals surface area contributed by atoms with Gasteiger partial charge >= 0.3 is 11.7 Å². The van der Waals surface area contributed by atoms with Crippen LogP contribution in [0.2, 0.25) is 0 Å². The summed E-state index contributed by atoms with van der Waals surface area (Å²) in [5, 5.41) is 13.4.